The van der Waals surface area contributed by atoms with Crippen molar-refractivity contribution in [1.29, 1.82) is 0 Å². The highest BCUT2D eigenvalue weighted by Gasteiger charge is 2.33. The maximum Gasteiger partial charge on any atom is 0.335 e. The van der Waals surface area contributed by atoms with E-state index in [0.29, 0.717) is 18.7 Å². The molecule has 2 N–H and O–H groups in total. The Kier molecular flexibility index (Phi) is 3.50. The van der Waals surface area contributed by atoms with Gasteiger partial charge in [0.2, 0.25) is 11.8 Å². The highest BCUT2D eigenvalue weighted by atomic mass is 16.4. The number of carbonyl (C=O) groups excluding carboxylic acids is 2. The van der Waals surface area contributed by atoms with Gasteiger partial charge in [-0.3, -0.25) is 9.59 Å². The summed E-state index contributed by atoms with van der Waals surface area (Å²) in [5.41, 5.74) is 0.672. The second-order valence-electron chi connectivity index (χ2n) is 4.39. The molecule has 1 fully saturated rings. The summed E-state index contributed by atoms with van der Waals surface area (Å²) >= 11 is 0. The van der Waals surface area contributed by atoms with E-state index < -0.39 is 12.0 Å². The molecule has 0 radical (unpaired) electrons. The zero-order valence-electron chi connectivity index (χ0n) is 10.4. The van der Waals surface area contributed by atoms with Crippen LogP contribution in [0.4, 0.5) is 5.69 Å². The molecule has 2 rings (SSSR count). The minimum Gasteiger partial charge on any atom is -0.478 e. The van der Waals surface area contributed by atoms with Gasteiger partial charge in [0.15, 0.2) is 0 Å². The number of nitrogens with zero attached hydrogens (tertiary/aromatic N) is 1. The first-order chi connectivity index (χ1) is 8.99. The first-order valence-electron chi connectivity index (χ1n) is 5.91. The van der Waals surface area contributed by atoms with Crippen molar-refractivity contribution in [3.8, 4) is 0 Å². The number of carboxylic acid groups (broad SMARTS) is 1. The van der Waals surface area contributed by atoms with Gasteiger partial charge in [-0.25, -0.2) is 4.79 Å². The van der Waals surface area contributed by atoms with Crippen molar-refractivity contribution < 1.29 is 19.5 Å². The lowest BCUT2D eigenvalue weighted by Crippen LogP contribution is -2.40. The maximum absolute atomic E-state index is 12.1. The molecular formula is C13H14N2O4. The lowest BCUT2D eigenvalue weighted by Gasteiger charge is -2.17. The highest BCUT2D eigenvalue weighted by molar-refractivity contribution is 6.02. The Hall–Kier alpha value is -2.37. The molecule has 100 valence electrons. The molecule has 1 saturated heterocycles. The molecule has 1 aromatic rings. The fourth-order valence-corrected chi connectivity index (χ4v) is 2.12. The van der Waals surface area contributed by atoms with Crippen LogP contribution in [0.2, 0.25) is 0 Å². The molecule has 0 spiro atoms. The average Bonchev–Trinajstić information content (AvgIpc) is 2.70. The first-order valence-corrected chi connectivity index (χ1v) is 5.91. The van der Waals surface area contributed by atoms with Crippen LogP contribution in [0.3, 0.4) is 0 Å². The molecule has 6 nitrogen and oxygen atoms in total. The van der Waals surface area contributed by atoms with Crippen molar-refractivity contribution in [1.82, 2.24) is 5.32 Å². The Morgan fingerprint density at radius 1 is 1.42 bits per heavy atom. The number of hydrogen-bond donors (Lipinski definition) is 2. The van der Waals surface area contributed by atoms with E-state index in [1.165, 1.54) is 24.0 Å². The van der Waals surface area contributed by atoms with Crippen LogP contribution in [0.25, 0.3) is 0 Å². The van der Waals surface area contributed by atoms with E-state index in [1.54, 1.807) is 12.1 Å². The number of amides is 2. The molecule has 1 aliphatic rings. The fraction of sp³-hybridized carbons (Fsp3) is 0.308. The molecule has 1 aromatic carbocycles. The lowest BCUT2D eigenvalue weighted by atomic mass is 10.2. The highest BCUT2D eigenvalue weighted by Crippen LogP contribution is 2.22. The summed E-state index contributed by atoms with van der Waals surface area (Å²) in [6.07, 6.45) is 0.524. The van der Waals surface area contributed by atoms with Crippen LogP contribution < -0.4 is 10.2 Å². The van der Waals surface area contributed by atoms with E-state index >= 15 is 0 Å². The Morgan fingerprint density at radius 2 is 2.16 bits per heavy atom. The smallest absolute Gasteiger partial charge is 0.335 e. The van der Waals surface area contributed by atoms with Gasteiger partial charge in [0, 0.05) is 19.2 Å². The van der Waals surface area contributed by atoms with E-state index in [2.05, 4.69) is 5.32 Å². The van der Waals surface area contributed by atoms with Crippen molar-refractivity contribution in [3.05, 3.63) is 29.8 Å². The number of rotatable bonds is 3. The Bertz CT molecular complexity index is 541. The van der Waals surface area contributed by atoms with E-state index in [1.807, 2.05) is 0 Å². The average molecular weight is 262 g/mol. The summed E-state index contributed by atoms with van der Waals surface area (Å²) in [5, 5.41) is 11.5. The predicted molar refractivity (Wildman–Crippen MR) is 68.0 cm³/mol. The molecule has 1 unspecified atom stereocenters. The summed E-state index contributed by atoms with van der Waals surface area (Å²) in [5.74, 6) is -1.50. The van der Waals surface area contributed by atoms with Crippen molar-refractivity contribution in [2.45, 2.75) is 19.4 Å². The number of carboxylic acids is 1. The third-order valence-electron chi connectivity index (χ3n) is 2.99. The largest absolute Gasteiger partial charge is 0.478 e. The van der Waals surface area contributed by atoms with Crippen LogP contribution in [0.5, 0.6) is 0 Å². The van der Waals surface area contributed by atoms with Crippen molar-refractivity contribution in [2.24, 2.45) is 0 Å². The minimum absolute atomic E-state index is 0.133. The SMILES string of the molecule is CC(=O)NC1CCN(c2cccc(C(=O)O)c2)C1=O. The third kappa shape index (κ3) is 2.73. The number of nitrogens with one attached hydrogen (secondary N) is 1. The molecule has 1 heterocycles. The summed E-state index contributed by atoms with van der Waals surface area (Å²) < 4.78 is 0. The molecule has 0 aromatic heterocycles. The fourth-order valence-electron chi connectivity index (χ4n) is 2.12. The summed E-state index contributed by atoms with van der Waals surface area (Å²) in [7, 11) is 0. The summed E-state index contributed by atoms with van der Waals surface area (Å²) in [6.45, 7) is 1.83. The predicted octanol–water partition coefficient (Wildman–Crippen LogP) is 0.626. The molecule has 0 aliphatic carbocycles. The van der Waals surface area contributed by atoms with Crippen LogP contribution in [-0.2, 0) is 9.59 Å². The first kappa shape index (κ1) is 13.1. The molecule has 0 bridgehead atoms. The van der Waals surface area contributed by atoms with Gasteiger partial charge in [0.1, 0.15) is 6.04 Å². The molecule has 2 amide bonds. The number of anilines is 1. The van der Waals surface area contributed by atoms with Gasteiger partial charge < -0.3 is 15.3 Å². The molecule has 0 saturated carbocycles. The Labute approximate surface area is 110 Å². The zero-order valence-corrected chi connectivity index (χ0v) is 10.4. The molecule has 1 atom stereocenters. The number of hydrogen-bond acceptors (Lipinski definition) is 3. The molecule has 1 aliphatic heterocycles. The van der Waals surface area contributed by atoms with Crippen molar-refractivity contribution >= 4 is 23.5 Å². The van der Waals surface area contributed by atoms with Crippen LogP contribution in [0.15, 0.2) is 24.3 Å². The summed E-state index contributed by atoms with van der Waals surface area (Å²) in [4.78, 5) is 35.5. The van der Waals surface area contributed by atoms with Crippen LogP contribution >= 0.6 is 0 Å². The zero-order chi connectivity index (χ0) is 14.0. The van der Waals surface area contributed by atoms with Crippen LogP contribution in [0.1, 0.15) is 23.7 Å². The van der Waals surface area contributed by atoms with Crippen molar-refractivity contribution in [2.75, 3.05) is 11.4 Å². The van der Waals surface area contributed by atoms with Gasteiger partial charge >= 0.3 is 5.97 Å². The molecule has 19 heavy (non-hydrogen) atoms. The third-order valence-corrected chi connectivity index (χ3v) is 2.99. The number of aromatic carboxylic acids is 1. The van der Waals surface area contributed by atoms with Gasteiger partial charge in [0.25, 0.3) is 0 Å². The number of benzene rings is 1. The summed E-state index contributed by atoms with van der Waals surface area (Å²) in [6, 6.07) is 5.68. The Balaban J connectivity index is 2.19. The van der Waals surface area contributed by atoms with Gasteiger partial charge in [-0.05, 0) is 24.6 Å². The standard InChI is InChI=1S/C13H14N2O4/c1-8(16)14-11-5-6-15(12(11)17)10-4-2-3-9(7-10)13(18)19/h2-4,7,11H,5-6H2,1H3,(H,14,16)(H,18,19). The second-order valence-corrected chi connectivity index (χ2v) is 4.39. The topological polar surface area (TPSA) is 86.7 Å². The van der Waals surface area contributed by atoms with E-state index in [4.69, 9.17) is 5.11 Å². The van der Waals surface area contributed by atoms with Gasteiger partial charge in [-0.2, -0.15) is 0 Å². The van der Waals surface area contributed by atoms with Crippen LogP contribution in [0, 0.1) is 0 Å². The number of carbonyl (C=O) groups is 3. The van der Waals surface area contributed by atoms with E-state index in [0.717, 1.165) is 0 Å². The monoisotopic (exact) mass is 262 g/mol. The van der Waals surface area contributed by atoms with E-state index in [-0.39, 0.29) is 17.4 Å². The Morgan fingerprint density at radius 3 is 2.79 bits per heavy atom. The van der Waals surface area contributed by atoms with Crippen LogP contribution in [-0.4, -0.2) is 35.5 Å². The van der Waals surface area contributed by atoms with Crippen molar-refractivity contribution in [3.63, 3.8) is 0 Å². The van der Waals surface area contributed by atoms with Gasteiger partial charge in [-0.15, -0.1) is 0 Å². The second kappa shape index (κ2) is 5.09. The maximum atomic E-state index is 12.1. The van der Waals surface area contributed by atoms with Gasteiger partial charge in [0.05, 0.1) is 5.56 Å². The lowest BCUT2D eigenvalue weighted by molar-refractivity contribution is -0.125. The minimum atomic E-state index is -1.04. The molecule has 6 heteroatoms. The normalized spacial score (nSPS) is 18.5. The van der Waals surface area contributed by atoms with E-state index in [9.17, 15) is 14.4 Å². The quantitative estimate of drug-likeness (QED) is 0.836. The molecular weight excluding hydrogens is 248 g/mol. The van der Waals surface area contributed by atoms with Gasteiger partial charge in [-0.1, -0.05) is 6.07 Å².